The van der Waals surface area contributed by atoms with Crippen LogP contribution in [0.5, 0.6) is 0 Å². The standard InChI is InChI=1S/C26H29ClF2N2O2/c27-22-5-1-19(2-6-22)24-9-10-26(17-28,18-29)15-21(24)16-30-11-13-31(14-12-30)23-7-3-20(4-8-23)25(32)33/h1-8H,9-18H2,(H,32,33). The minimum atomic E-state index is -0.929. The van der Waals surface area contributed by atoms with Gasteiger partial charge >= 0.3 is 5.97 Å². The van der Waals surface area contributed by atoms with Gasteiger partial charge in [-0.3, -0.25) is 13.7 Å². The number of rotatable bonds is 7. The molecule has 0 amide bonds. The van der Waals surface area contributed by atoms with E-state index < -0.39 is 24.7 Å². The van der Waals surface area contributed by atoms with Gasteiger partial charge < -0.3 is 10.0 Å². The Morgan fingerprint density at radius 2 is 1.61 bits per heavy atom. The summed E-state index contributed by atoms with van der Waals surface area (Å²) < 4.78 is 27.7. The molecule has 0 bridgehead atoms. The Kier molecular flexibility index (Phi) is 7.35. The number of carboxylic acid groups (broad SMARTS) is 1. The molecule has 0 spiro atoms. The van der Waals surface area contributed by atoms with Gasteiger partial charge in [-0.05, 0) is 66.8 Å². The molecule has 2 aromatic rings. The van der Waals surface area contributed by atoms with Crippen LogP contribution in [0, 0.1) is 5.41 Å². The third-order valence-corrected chi connectivity index (χ3v) is 7.20. The summed E-state index contributed by atoms with van der Waals surface area (Å²) in [5, 5.41) is 9.76. The molecule has 1 aliphatic heterocycles. The predicted molar refractivity (Wildman–Crippen MR) is 129 cm³/mol. The fourth-order valence-electron chi connectivity index (χ4n) is 4.88. The maximum atomic E-state index is 13.8. The average Bonchev–Trinajstić information content (AvgIpc) is 2.85. The number of hydrogen-bond acceptors (Lipinski definition) is 3. The van der Waals surface area contributed by atoms with Crippen molar-refractivity contribution in [3.63, 3.8) is 0 Å². The van der Waals surface area contributed by atoms with Crippen LogP contribution in [0.3, 0.4) is 0 Å². The topological polar surface area (TPSA) is 43.8 Å². The molecule has 1 N–H and O–H groups in total. The number of carbonyl (C=O) groups is 1. The van der Waals surface area contributed by atoms with Crippen LogP contribution in [-0.2, 0) is 0 Å². The normalized spacial score (nSPS) is 19.1. The number of anilines is 1. The Morgan fingerprint density at radius 3 is 2.18 bits per heavy atom. The molecule has 2 aromatic carbocycles. The summed E-state index contributed by atoms with van der Waals surface area (Å²) in [7, 11) is 0. The first-order valence-corrected chi connectivity index (χ1v) is 11.7. The van der Waals surface area contributed by atoms with Crippen LogP contribution in [-0.4, -0.2) is 62.0 Å². The number of alkyl halides is 2. The van der Waals surface area contributed by atoms with Gasteiger partial charge in [0.15, 0.2) is 0 Å². The number of aromatic carboxylic acids is 1. The molecular weight excluding hydrogens is 446 g/mol. The Morgan fingerprint density at radius 1 is 0.970 bits per heavy atom. The molecule has 0 radical (unpaired) electrons. The van der Waals surface area contributed by atoms with Gasteiger partial charge in [0, 0.05) is 48.8 Å². The lowest BCUT2D eigenvalue weighted by atomic mass is 9.71. The van der Waals surface area contributed by atoms with Crippen molar-refractivity contribution in [1.82, 2.24) is 4.90 Å². The van der Waals surface area contributed by atoms with Crippen LogP contribution in [0.1, 0.15) is 35.2 Å². The Bertz CT molecular complexity index is 996. The first kappa shape index (κ1) is 23.7. The van der Waals surface area contributed by atoms with Crippen molar-refractivity contribution in [2.45, 2.75) is 19.3 Å². The zero-order valence-electron chi connectivity index (χ0n) is 18.6. The lowest BCUT2D eigenvalue weighted by Crippen LogP contribution is -2.47. The van der Waals surface area contributed by atoms with Crippen molar-refractivity contribution in [1.29, 1.82) is 0 Å². The van der Waals surface area contributed by atoms with E-state index in [2.05, 4.69) is 9.80 Å². The highest BCUT2D eigenvalue weighted by Crippen LogP contribution is 2.44. The lowest BCUT2D eigenvalue weighted by Gasteiger charge is -2.40. The molecule has 0 unspecified atom stereocenters. The van der Waals surface area contributed by atoms with E-state index in [1.807, 2.05) is 36.4 Å². The van der Waals surface area contributed by atoms with E-state index in [-0.39, 0.29) is 5.56 Å². The van der Waals surface area contributed by atoms with Gasteiger partial charge in [-0.25, -0.2) is 4.79 Å². The molecule has 2 aliphatic rings. The molecule has 33 heavy (non-hydrogen) atoms. The highest BCUT2D eigenvalue weighted by molar-refractivity contribution is 6.30. The van der Waals surface area contributed by atoms with Gasteiger partial charge in [0.05, 0.1) is 18.9 Å². The number of nitrogens with zero attached hydrogens (tertiary/aromatic N) is 2. The van der Waals surface area contributed by atoms with Crippen LogP contribution < -0.4 is 4.90 Å². The van der Waals surface area contributed by atoms with E-state index in [1.54, 1.807) is 12.1 Å². The number of halogens is 3. The van der Waals surface area contributed by atoms with Gasteiger partial charge in [0.25, 0.3) is 0 Å². The summed E-state index contributed by atoms with van der Waals surface area (Å²) in [5.74, 6) is -0.929. The summed E-state index contributed by atoms with van der Waals surface area (Å²) in [4.78, 5) is 15.7. The molecule has 0 atom stereocenters. The molecule has 1 aliphatic carbocycles. The molecule has 1 heterocycles. The second kappa shape index (κ2) is 10.2. The summed E-state index contributed by atoms with van der Waals surface area (Å²) in [6, 6.07) is 14.7. The van der Waals surface area contributed by atoms with Gasteiger partial charge in [-0.15, -0.1) is 0 Å². The quantitative estimate of drug-likeness (QED) is 0.557. The minimum absolute atomic E-state index is 0.278. The molecule has 7 heteroatoms. The molecule has 0 aromatic heterocycles. The van der Waals surface area contributed by atoms with Crippen molar-refractivity contribution in [3.8, 4) is 0 Å². The number of allylic oxidation sites excluding steroid dienone is 1. The number of piperazine rings is 1. The Balaban J connectivity index is 1.48. The maximum Gasteiger partial charge on any atom is 0.335 e. The van der Waals surface area contributed by atoms with Crippen molar-refractivity contribution >= 4 is 28.8 Å². The lowest BCUT2D eigenvalue weighted by molar-refractivity contribution is 0.0697. The predicted octanol–water partition coefficient (Wildman–Crippen LogP) is 5.72. The third kappa shape index (κ3) is 5.39. The van der Waals surface area contributed by atoms with E-state index in [0.717, 1.165) is 43.0 Å². The van der Waals surface area contributed by atoms with Gasteiger partial charge in [0.2, 0.25) is 0 Å². The third-order valence-electron chi connectivity index (χ3n) is 6.95. The van der Waals surface area contributed by atoms with E-state index in [0.29, 0.717) is 30.8 Å². The first-order valence-electron chi connectivity index (χ1n) is 11.3. The molecule has 176 valence electrons. The first-order chi connectivity index (χ1) is 15.9. The van der Waals surface area contributed by atoms with Crippen LogP contribution >= 0.6 is 11.6 Å². The number of hydrogen-bond donors (Lipinski definition) is 1. The van der Waals surface area contributed by atoms with Gasteiger partial charge in [-0.1, -0.05) is 29.3 Å². The zero-order valence-corrected chi connectivity index (χ0v) is 19.3. The minimum Gasteiger partial charge on any atom is -0.478 e. The van der Waals surface area contributed by atoms with Crippen molar-refractivity contribution in [2.24, 2.45) is 5.41 Å². The van der Waals surface area contributed by atoms with Crippen molar-refractivity contribution in [3.05, 3.63) is 70.3 Å². The Labute approximate surface area is 198 Å². The average molecular weight is 475 g/mol. The molecule has 0 saturated carbocycles. The zero-order chi connectivity index (χ0) is 23.4. The fraction of sp³-hybridized carbons (Fsp3) is 0.423. The molecule has 1 fully saturated rings. The second-order valence-corrected chi connectivity index (χ2v) is 9.58. The van der Waals surface area contributed by atoms with Crippen LogP contribution in [0.2, 0.25) is 5.02 Å². The highest BCUT2D eigenvalue weighted by atomic mass is 35.5. The van der Waals surface area contributed by atoms with E-state index >= 15 is 0 Å². The van der Waals surface area contributed by atoms with Crippen LogP contribution in [0.15, 0.2) is 54.1 Å². The molecule has 4 nitrogen and oxygen atoms in total. The smallest absolute Gasteiger partial charge is 0.335 e. The highest BCUT2D eigenvalue weighted by Gasteiger charge is 2.37. The summed E-state index contributed by atoms with van der Waals surface area (Å²) >= 11 is 6.06. The van der Waals surface area contributed by atoms with E-state index in [4.69, 9.17) is 16.7 Å². The molecule has 4 rings (SSSR count). The largest absolute Gasteiger partial charge is 0.478 e. The Hall–Kier alpha value is -2.44. The van der Waals surface area contributed by atoms with Gasteiger partial charge in [-0.2, -0.15) is 0 Å². The van der Waals surface area contributed by atoms with Crippen molar-refractivity contribution < 1.29 is 18.7 Å². The SMILES string of the molecule is O=C(O)c1ccc(N2CCN(CC3=C(c4ccc(Cl)cc4)CCC(CF)(CF)C3)CC2)cc1. The molecule has 1 saturated heterocycles. The molecular formula is C26H29ClF2N2O2. The van der Waals surface area contributed by atoms with Crippen molar-refractivity contribution in [2.75, 3.05) is 51.0 Å². The second-order valence-electron chi connectivity index (χ2n) is 9.15. The monoisotopic (exact) mass is 474 g/mol. The van der Waals surface area contributed by atoms with Gasteiger partial charge in [0.1, 0.15) is 0 Å². The summed E-state index contributed by atoms with van der Waals surface area (Å²) in [5.41, 5.74) is 3.78. The summed E-state index contributed by atoms with van der Waals surface area (Å²) in [6.07, 6.45) is 1.62. The van der Waals surface area contributed by atoms with Crippen LogP contribution in [0.4, 0.5) is 14.5 Å². The van der Waals surface area contributed by atoms with Crippen LogP contribution in [0.25, 0.3) is 5.57 Å². The van der Waals surface area contributed by atoms with E-state index in [9.17, 15) is 13.6 Å². The van der Waals surface area contributed by atoms with E-state index in [1.165, 1.54) is 5.57 Å². The maximum absolute atomic E-state index is 13.8. The fourth-order valence-corrected chi connectivity index (χ4v) is 5.00. The number of carboxylic acids is 1. The summed E-state index contributed by atoms with van der Waals surface area (Å²) in [6.45, 7) is 2.71. The number of benzene rings is 2.